The van der Waals surface area contributed by atoms with E-state index in [9.17, 15) is 19.8 Å². The molecule has 0 radical (unpaired) electrons. The van der Waals surface area contributed by atoms with E-state index in [2.05, 4.69) is 6.92 Å². The SMILES string of the molecule is CCCCC[C@@H]1Cc2cc(O)c(C(=O)O)c3c2[C@H](C[C@]2(OC[C@@H](C(=O)OC)[C@@H]2C)O3)O1. The van der Waals surface area contributed by atoms with E-state index in [4.69, 9.17) is 18.9 Å². The fourth-order valence-electron chi connectivity index (χ4n) is 5.16. The Bertz CT molecular complexity index is 881. The first-order chi connectivity index (χ1) is 14.8. The molecule has 3 aliphatic heterocycles. The van der Waals surface area contributed by atoms with Crippen LogP contribution in [0.1, 0.15) is 73.5 Å². The van der Waals surface area contributed by atoms with E-state index in [0.29, 0.717) is 18.4 Å². The van der Waals surface area contributed by atoms with Crippen LogP contribution in [0.2, 0.25) is 0 Å². The molecular formula is C23H30O8. The fraction of sp³-hybridized carbons (Fsp3) is 0.652. The lowest BCUT2D eigenvalue weighted by atomic mass is 9.80. The number of carbonyl (C=O) groups excluding carboxylic acids is 1. The van der Waals surface area contributed by atoms with E-state index in [1.165, 1.54) is 13.2 Å². The standard InChI is InChI=1S/C23H30O8/c1-4-5-6-7-14-8-13-9-16(24)19(21(25)26)20-18(13)17(30-14)10-23(31-20)12(2)15(11-29-23)22(27)28-3/h9,12,14-15,17,24H,4-8,10-11H2,1-3H3,(H,25,26)/t12-,14+,15+,17-,23-/m0/s1. The van der Waals surface area contributed by atoms with E-state index < -0.39 is 29.7 Å². The minimum absolute atomic E-state index is 0.0322. The zero-order valence-corrected chi connectivity index (χ0v) is 18.2. The van der Waals surface area contributed by atoms with Crippen LogP contribution in [-0.4, -0.2) is 47.8 Å². The van der Waals surface area contributed by atoms with Crippen LogP contribution < -0.4 is 4.74 Å². The largest absolute Gasteiger partial charge is 0.507 e. The van der Waals surface area contributed by atoms with Crippen LogP contribution >= 0.6 is 0 Å². The predicted octanol–water partition coefficient (Wildman–Crippen LogP) is 3.59. The molecule has 0 bridgehead atoms. The Labute approximate surface area is 181 Å². The van der Waals surface area contributed by atoms with E-state index in [1.807, 2.05) is 6.92 Å². The number of benzene rings is 1. The van der Waals surface area contributed by atoms with Gasteiger partial charge in [-0.15, -0.1) is 0 Å². The zero-order valence-electron chi connectivity index (χ0n) is 18.2. The summed E-state index contributed by atoms with van der Waals surface area (Å²) in [5.41, 5.74) is 1.22. The van der Waals surface area contributed by atoms with Crippen LogP contribution in [0.15, 0.2) is 6.07 Å². The molecule has 8 nitrogen and oxygen atoms in total. The van der Waals surface area contributed by atoms with E-state index in [1.54, 1.807) is 0 Å². The highest BCUT2D eigenvalue weighted by Gasteiger charge is 2.58. The first-order valence-corrected chi connectivity index (χ1v) is 11.0. The van der Waals surface area contributed by atoms with Crippen molar-refractivity contribution in [2.75, 3.05) is 13.7 Å². The molecule has 1 saturated heterocycles. The molecule has 3 aliphatic rings. The van der Waals surface area contributed by atoms with Gasteiger partial charge in [0.05, 0.1) is 31.8 Å². The number of hydrogen-bond donors (Lipinski definition) is 2. The molecule has 1 fully saturated rings. The summed E-state index contributed by atoms with van der Waals surface area (Å²) < 4.78 is 23.6. The molecule has 0 saturated carbocycles. The number of unbranched alkanes of at least 4 members (excludes halogenated alkanes) is 2. The van der Waals surface area contributed by atoms with Crippen LogP contribution in [0, 0.1) is 11.8 Å². The predicted molar refractivity (Wildman–Crippen MR) is 109 cm³/mol. The number of phenols is 1. The topological polar surface area (TPSA) is 112 Å². The lowest BCUT2D eigenvalue weighted by Crippen LogP contribution is -2.49. The molecule has 170 valence electrons. The Morgan fingerprint density at radius 2 is 2.10 bits per heavy atom. The van der Waals surface area contributed by atoms with Crippen LogP contribution in [0.3, 0.4) is 0 Å². The van der Waals surface area contributed by atoms with E-state index in [-0.39, 0.29) is 35.7 Å². The first kappa shape index (κ1) is 21.9. The number of rotatable bonds is 6. The Morgan fingerprint density at radius 3 is 2.77 bits per heavy atom. The number of carboxylic acid groups (broad SMARTS) is 1. The third kappa shape index (κ3) is 3.65. The summed E-state index contributed by atoms with van der Waals surface area (Å²) in [5, 5.41) is 20.3. The summed E-state index contributed by atoms with van der Waals surface area (Å²) in [6.07, 6.45) is 4.61. The molecule has 1 spiro atoms. The lowest BCUT2D eigenvalue weighted by molar-refractivity contribution is -0.214. The van der Waals surface area contributed by atoms with Crippen molar-refractivity contribution < 1.29 is 38.7 Å². The molecule has 2 N–H and O–H groups in total. The van der Waals surface area contributed by atoms with Crippen molar-refractivity contribution in [1.82, 2.24) is 0 Å². The van der Waals surface area contributed by atoms with Gasteiger partial charge in [0.2, 0.25) is 5.79 Å². The Balaban J connectivity index is 1.75. The molecule has 1 aromatic carbocycles. The van der Waals surface area contributed by atoms with Crippen LogP contribution in [0.5, 0.6) is 11.5 Å². The van der Waals surface area contributed by atoms with Crippen molar-refractivity contribution in [1.29, 1.82) is 0 Å². The van der Waals surface area contributed by atoms with Gasteiger partial charge in [-0.1, -0.05) is 33.1 Å². The molecule has 5 atom stereocenters. The van der Waals surface area contributed by atoms with Gasteiger partial charge in [0.25, 0.3) is 0 Å². The number of carbonyl (C=O) groups is 2. The van der Waals surface area contributed by atoms with Gasteiger partial charge in [-0.25, -0.2) is 4.79 Å². The number of aromatic carboxylic acids is 1. The number of esters is 1. The molecule has 4 rings (SSSR count). The number of aromatic hydroxyl groups is 1. The van der Waals surface area contributed by atoms with Crippen molar-refractivity contribution in [2.24, 2.45) is 11.8 Å². The summed E-state index contributed by atoms with van der Waals surface area (Å²) in [4.78, 5) is 24.2. The van der Waals surface area contributed by atoms with Gasteiger partial charge >= 0.3 is 11.9 Å². The summed E-state index contributed by atoms with van der Waals surface area (Å²) in [7, 11) is 1.33. The molecule has 31 heavy (non-hydrogen) atoms. The zero-order chi connectivity index (χ0) is 22.3. The van der Waals surface area contributed by atoms with Gasteiger partial charge in [-0.05, 0) is 24.5 Å². The molecule has 0 aromatic heterocycles. The van der Waals surface area contributed by atoms with Gasteiger partial charge in [0.1, 0.15) is 17.1 Å². The average Bonchev–Trinajstić information content (AvgIpc) is 3.02. The number of carboxylic acids is 1. The molecule has 8 heteroatoms. The van der Waals surface area contributed by atoms with Gasteiger partial charge in [0, 0.05) is 17.9 Å². The Morgan fingerprint density at radius 1 is 1.32 bits per heavy atom. The van der Waals surface area contributed by atoms with Crippen molar-refractivity contribution in [3.63, 3.8) is 0 Å². The minimum Gasteiger partial charge on any atom is -0.507 e. The monoisotopic (exact) mass is 434 g/mol. The summed E-state index contributed by atoms with van der Waals surface area (Å²) in [5.74, 6) is -4.06. The number of methoxy groups -OCH3 is 1. The van der Waals surface area contributed by atoms with Gasteiger partial charge < -0.3 is 29.2 Å². The van der Waals surface area contributed by atoms with Crippen molar-refractivity contribution in [2.45, 2.75) is 70.4 Å². The Hall–Kier alpha value is -2.32. The maximum Gasteiger partial charge on any atom is 0.343 e. The van der Waals surface area contributed by atoms with Crippen LogP contribution in [0.4, 0.5) is 0 Å². The summed E-state index contributed by atoms with van der Waals surface area (Å²) in [6.45, 7) is 4.10. The second-order valence-corrected chi connectivity index (χ2v) is 8.77. The van der Waals surface area contributed by atoms with Crippen LogP contribution in [-0.2, 0) is 25.4 Å². The quantitative estimate of drug-likeness (QED) is 0.516. The smallest absolute Gasteiger partial charge is 0.343 e. The fourth-order valence-corrected chi connectivity index (χ4v) is 5.16. The van der Waals surface area contributed by atoms with Gasteiger partial charge in [-0.3, -0.25) is 4.79 Å². The minimum atomic E-state index is -1.29. The summed E-state index contributed by atoms with van der Waals surface area (Å²) in [6, 6.07) is 1.53. The third-order valence-electron chi connectivity index (χ3n) is 6.91. The highest BCUT2D eigenvalue weighted by Crippen LogP contribution is 2.55. The third-order valence-corrected chi connectivity index (χ3v) is 6.91. The molecule has 0 amide bonds. The van der Waals surface area contributed by atoms with Crippen molar-refractivity contribution >= 4 is 11.9 Å². The molecule has 0 aliphatic carbocycles. The number of ether oxygens (including phenoxy) is 4. The van der Waals surface area contributed by atoms with Crippen molar-refractivity contribution in [3.05, 3.63) is 22.8 Å². The second kappa shape index (κ2) is 8.31. The maximum atomic E-state index is 12.2. The summed E-state index contributed by atoms with van der Waals surface area (Å²) >= 11 is 0. The molecule has 3 heterocycles. The second-order valence-electron chi connectivity index (χ2n) is 8.77. The highest BCUT2D eigenvalue weighted by molar-refractivity contribution is 5.95. The van der Waals surface area contributed by atoms with Gasteiger partial charge in [-0.2, -0.15) is 0 Å². The van der Waals surface area contributed by atoms with E-state index >= 15 is 0 Å². The Kier molecular flexibility index (Phi) is 5.87. The van der Waals surface area contributed by atoms with Gasteiger partial charge in [0.15, 0.2) is 0 Å². The maximum absolute atomic E-state index is 12.2. The van der Waals surface area contributed by atoms with Crippen LogP contribution in [0.25, 0.3) is 0 Å². The molecular weight excluding hydrogens is 404 g/mol. The normalized spacial score (nSPS) is 31.2. The van der Waals surface area contributed by atoms with Crippen molar-refractivity contribution in [3.8, 4) is 11.5 Å². The first-order valence-electron chi connectivity index (χ1n) is 11.0. The highest BCUT2D eigenvalue weighted by atomic mass is 16.7. The average molecular weight is 434 g/mol. The molecule has 0 unspecified atom stereocenters. The number of hydrogen-bond acceptors (Lipinski definition) is 7. The molecule has 1 aromatic rings. The lowest BCUT2D eigenvalue weighted by Gasteiger charge is -2.45. The van der Waals surface area contributed by atoms with E-state index in [0.717, 1.165) is 31.2 Å².